The molecule has 38 heavy (non-hydrogen) atoms. The number of amides is 2. The van der Waals surface area contributed by atoms with Crippen molar-refractivity contribution in [1.29, 1.82) is 0 Å². The number of ketones is 1. The number of aliphatic hydroxyl groups is 1. The van der Waals surface area contributed by atoms with Crippen molar-refractivity contribution in [3.05, 3.63) is 0 Å². The van der Waals surface area contributed by atoms with E-state index in [0.29, 0.717) is 25.8 Å². The second-order valence-electron chi connectivity index (χ2n) is 11.1. The molecule has 5 unspecified atom stereocenters. The van der Waals surface area contributed by atoms with E-state index in [0.717, 1.165) is 0 Å². The van der Waals surface area contributed by atoms with Crippen LogP contribution >= 0.6 is 0 Å². The topological polar surface area (TPSA) is 210 Å². The van der Waals surface area contributed by atoms with Crippen LogP contribution in [0.4, 0.5) is 0 Å². The number of carbonyl (C=O) groups is 4. The molecule has 2 amide bonds. The number of aliphatic carboxylic acids is 1. The molecule has 4 saturated heterocycles. The number of fused-ring (bicyclic) bond motifs is 2. The lowest BCUT2D eigenvalue weighted by Gasteiger charge is -2.32. The molecule has 0 spiro atoms. The Morgan fingerprint density at radius 2 is 1.79 bits per heavy atom. The molecule has 0 saturated carbocycles. The van der Waals surface area contributed by atoms with Crippen molar-refractivity contribution in [3.8, 4) is 0 Å². The van der Waals surface area contributed by atoms with Crippen molar-refractivity contribution < 1.29 is 29.4 Å². The minimum Gasteiger partial charge on any atom is -0.480 e. The van der Waals surface area contributed by atoms with Gasteiger partial charge in [-0.05, 0) is 32.2 Å². The standard InChI is InChI=1S/C23H39N9O6/c1-13(2)8-23(12-29-7-4-14(18(35)36)31(29)20(23)38)28-9-15(33)17-16(34)10-30-11-22(26-3,19(37)32(17)30)5-6-27-21(24)25/h13-14,16-17,26,28,34H,4-12H2,1-3H3,(H,35,36)(H4,24,25,27). The lowest BCUT2D eigenvalue weighted by Crippen LogP contribution is -2.60. The first-order valence-electron chi connectivity index (χ1n) is 13.0. The Morgan fingerprint density at radius 1 is 1.13 bits per heavy atom. The van der Waals surface area contributed by atoms with Crippen LogP contribution in [0.15, 0.2) is 4.99 Å². The number of likely N-dealkylation sites (N-methyl/N-ethyl adjacent to an activating group) is 1. The number of carboxylic acid groups (broad SMARTS) is 1. The number of nitrogens with two attached hydrogens (primary N) is 2. The number of carboxylic acids is 1. The number of hydrogen-bond acceptors (Lipinski definition) is 10. The van der Waals surface area contributed by atoms with Crippen LogP contribution in [0.25, 0.3) is 0 Å². The number of aliphatic hydroxyl groups excluding tert-OH is 1. The van der Waals surface area contributed by atoms with Crippen LogP contribution in [0.2, 0.25) is 0 Å². The number of nitrogens with one attached hydrogen (secondary N) is 2. The van der Waals surface area contributed by atoms with Crippen molar-refractivity contribution in [2.45, 2.75) is 62.4 Å². The zero-order chi connectivity index (χ0) is 28.0. The van der Waals surface area contributed by atoms with Gasteiger partial charge in [0.2, 0.25) is 0 Å². The maximum Gasteiger partial charge on any atom is 0.328 e. The Morgan fingerprint density at radius 3 is 2.39 bits per heavy atom. The highest BCUT2D eigenvalue weighted by molar-refractivity contribution is 5.97. The lowest BCUT2D eigenvalue weighted by molar-refractivity contribution is -0.154. The highest BCUT2D eigenvalue weighted by Gasteiger charge is 2.60. The number of hydrazine groups is 2. The molecular formula is C23H39N9O6. The molecule has 0 aromatic carbocycles. The number of nitrogens with zero attached hydrogens (tertiary/aromatic N) is 5. The Bertz CT molecular complexity index is 1020. The summed E-state index contributed by atoms with van der Waals surface area (Å²) in [5.74, 6) is -2.22. The fourth-order valence-corrected chi connectivity index (χ4v) is 6.32. The summed E-state index contributed by atoms with van der Waals surface area (Å²) in [7, 11) is 1.65. The lowest BCUT2D eigenvalue weighted by atomic mass is 9.87. The maximum absolute atomic E-state index is 13.6. The van der Waals surface area contributed by atoms with Crippen molar-refractivity contribution in [1.82, 2.24) is 30.7 Å². The second-order valence-corrected chi connectivity index (χ2v) is 11.1. The molecule has 4 heterocycles. The first-order chi connectivity index (χ1) is 17.9. The number of hydrogen-bond donors (Lipinski definition) is 6. The average Bonchev–Trinajstić information content (AvgIpc) is 3.52. The van der Waals surface area contributed by atoms with Gasteiger partial charge in [0.1, 0.15) is 23.2 Å². The van der Waals surface area contributed by atoms with Gasteiger partial charge in [-0.3, -0.25) is 34.7 Å². The number of rotatable bonds is 11. The van der Waals surface area contributed by atoms with Crippen molar-refractivity contribution >= 4 is 29.5 Å². The molecule has 4 aliphatic heterocycles. The Balaban J connectivity index is 1.50. The van der Waals surface area contributed by atoms with E-state index in [1.807, 2.05) is 13.8 Å². The van der Waals surface area contributed by atoms with Crippen LogP contribution in [0, 0.1) is 5.92 Å². The van der Waals surface area contributed by atoms with E-state index < -0.39 is 41.0 Å². The van der Waals surface area contributed by atoms with Crippen LogP contribution < -0.4 is 22.1 Å². The Kier molecular flexibility index (Phi) is 7.69. The normalized spacial score (nSPS) is 33.3. The minimum atomic E-state index is -1.15. The number of Topliss-reactive ketones (excluding diaryl/α,β-unsaturated/α-hetero) is 1. The van der Waals surface area contributed by atoms with E-state index in [1.165, 1.54) is 10.0 Å². The zero-order valence-electron chi connectivity index (χ0n) is 22.1. The van der Waals surface area contributed by atoms with E-state index >= 15 is 0 Å². The highest BCUT2D eigenvalue weighted by Crippen LogP contribution is 2.36. The third kappa shape index (κ3) is 4.73. The molecule has 8 N–H and O–H groups in total. The molecule has 0 radical (unpaired) electrons. The van der Waals surface area contributed by atoms with Gasteiger partial charge in [-0.1, -0.05) is 13.8 Å². The number of carbonyl (C=O) groups excluding carboxylic acids is 3. The smallest absolute Gasteiger partial charge is 0.328 e. The summed E-state index contributed by atoms with van der Waals surface area (Å²) in [6, 6.07) is -2.05. The van der Waals surface area contributed by atoms with E-state index in [1.54, 1.807) is 17.1 Å². The summed E-state index contributed by atoms with van der Waals surface area (Å²) < 4.78 is 0. The SMILES string of the molecule is CNC1(CCN=C(N)N)CN2CC(O)C(C(=O)CNC3(CC(C)C)CN4CCC(C(=O)O)N4C3=O)N2C1=O. The van der Waals surface area contributed by atoms with Crippen LogP contribution in [0.1, 0.15) is 33.1 Å². The predicted molar refractivity (Wildman–Crippen MR) is 135 cm³/mol. The highest BCUT2D eigenvalue weighted by atomic mass is 16.4. The Hall–Kier alpha value is -2.85. The molecule has 4 rings (SSSR count). The largest absolute Gasteiger partial charge is 0.480 e. The summed E-state index contributed by atoms with van der Waals surface area (Å²) in [4.78, 5) is 56.3. The first-order valence-corrected chi connectivity index (χ1v) is 13.0. The molecule has 15 heteroatoms. The minimum absolute atomic E-state index is 0.0830. The van der Waals surface area contributed by atoms with Crippen LogP contribution in [-0.2, 0) is 19.2 Å². The summed E-state index contributed by atoms with van der Waals surface area (Å²) >= 11 is 0. The fourth-order valence-electron chi connectivity index (χ4n) is 6.32. The molecular weight excluding hydrogens is 498 g/mol. The van der Waals surface area contributed by atoms with Gasteiger partial charge in [-0.25, -0.2) is 14.8 Å². The third-order valence-electron chi connectivity index (χ3n) is 8.02. The Labute approximate surface area is 221 Å². The van der Waals surface area contributed by atoms with E-state index in [2.05, 4.69) is 15.6 Å². The van der Waals surface area contributed by atoms with Gasteiger partial charge in [-0.15, -0.1) is 0 Å². The van der Waals surface area contributed by atoms with Gasteiger partial charge in [0, 0.05) is 32.7 Å². The van der Waals surface area contributed by atoms with Crippen LogP contribution in [0.5, 0.6) is 0 Å². The van der Waals surface area contributed by atoms with E-state index in [9.17, 15) is 29.4 Å². The van der Waals surface area contributed by atoms with Crippen molar-refractivity contribution in [3.63, 3.8) is 0 Å². The molecule has 4 aliphatic rings. The first kappa shape index (κ1) is 28.2. The van der Waals surface area contributed by atoms with Crippen molar-refractivity contribution in [2.75, 3.05) is 46.3 Å². The van der Waals surface area contributed by atoms with Gasteiger partial charge in [0.15, 0.2) is 11.7 Å². The quantitative estimate of drug-likeness (QED) is 0.111. The summed E-state index contributed by atoms with van der Waals surface area (Å²) in [5, 5.41) is 32.5. The van der Waals surface area contributed by atoms with Crippen LogP contribution in [0.3, 0.4) is 0 Å². The zero-order valence-corrected chi connectivity index (χ0v) is 22.1. The average molecular weight is 538 g/mol. The maximum atomic E-state index is 13.6. The molecule has 15 nitrogen and oxygen atoms in total. The van der Waals surface area contributed by atoms with Gasteiger partial charge < -0.3 is 27.0 Å². The molecule has 212 valence electrons. The molecule has 0 aromatic rings. The molecule has 0 aromatic heterocycles. The molecule has 4 fully saturated rings. The number of aliphatic imine (C=N–C) groups is 1. The molecule has 5 atom stereocenters. The van der Waals surface area contributed by atoms with Gasteiger partial charge in [0.05, 0.1) is 12.6 Å². The van der Waals surface area contributed by atoms with Crippen LogP contribution in [-0.4, -0.2) is 135 Å². The predicted octanol–water partition coefficient (Wildman–Crippen LogP) is -3.73. The fraction of sp³-hybridized carbons (Fsp3) is 0.783. The molecule has 0 bridgehead atoms. The van der Waals surface area contributed by atoms with E-state index in [4.69, 9.17) is 11.5 Å². The third-order valence-corrected chi connectivity index (χ3v) is 8.02. The van der Waals surface area contributed by atoms with Crippen molar-refractivity contribution in [2.24, 2.45) is 22.4 Å². The van der Waals surface area contributed by atoms with Gasteiger partial charge in [-0.2, -0.15) is 0 Å². The number of guanidine groups is 1. The van der Waals surface area contributed by atoms with Gasteiger partial charge >= 0.3 is 5.97 Å². The monoisotopic (exact) mass is 537 g/mol. The second kappa shape index (κ2) is 10.4. The summed E-state index contributed by atoms with van der Waals surface area (Å²) in [6.45, 7) is 4.87. The van der Waals surface area contributed by atoms with E-state index in [-0.39, 0.29) is 56.4 Å². The van der Waals surface area contributed by atoms with Gasteiger partial charge in [0.25, 0.3) is 11.8 Å². The summed E-state index contributed by atoms with van der Waals surface area (Å²) in [6.07, 6.45) is -0.0571. The molecule has 0 aliphatic carbocycles. The summed E-state index contributed by atoms with van der Waals surface area (Å²) in [5.41, 5.74) is 8.66.